The van der Waals surface area contributed by atoms with Crippen molar-refractivity contribution in [2.75, 3.05) is 7.11 Å². The van der Waals surface area contributed by atoms with Crippen molar-refractivity contribution in [3.05, 3.63) is 70.5 Å². The lowest BCUT2D eigenvalue weighted by Gasteiger charge is -2.10. The number of methoxy groups -OCH3 is 1. The molecule has 7 nitrogen and oxygen atoms in total. The molecule has 24 heavy (non-hydrogen) atoms. The van der Waals surface area contributed by atoms with E-state index in [1.165, 1.54) is 31.6 Å². The summed E-state index contributed by atoms with van der Waals surface area (Å²) in [5.74, 6) is 0.378. The Kier molecular flexibility index (Phi) is 4.07. The number of rotatable bonds is 4. The number of aromatic nitrogens is 1. The minimum Gasteiger partial charge on any atom is -0.465 e. The van der Waals surface area contributed by atoms with E-state index in [0.29, 0.717) is 27.8 Å². The summed E-state index contributed by atoms with van der Waals surface area (Å²) < 4.78 is 10.5. The zero-order chi connectivity index (χ0) is 17.1. The zero-order valence-electron chi connectivity index (χ0n) is 12.6. The lowest BCUT2D eigenvalue weighted by Crippen LogP contribution is -2.01. The van der Waals surface area contributed by atoms with Gasteiger partial charge in [0.15, 0.2) is 0 Å². The molecule has 120 valence electrons. The van der Waals surface area contributed by atoms with Crippen LogP contribution in [0.25, 0.3) is 10.8 Å². The van der Waals surface area contributed by atoms with E-state index in [0.717, 1.165) is 0 Å². The second kappa shape index (κ2) is 6.33. The van der Waals surface area contributed by atoms with Gasteiger partial charge in [-0.05, 0) is 30.3 Å². The smallest absolute Gasteiger partial charge is 0.337 e. The molecule has 7 heteroatoms. The fraction of sp³-hybridized carbons (Fsp3) is 0.0588. The molecule has 0 bridgehead atoms. The topological polar surface area (TPSA) is 91.6 Å². The van der Waals surface area contributed by atoms with Crippen molar-refractivity contribution in [1.29, 1.82) is 0 Å². The van der Waals surface area contributed by atoms with Gasteiger partial charge < -0.3 is 9.47 Å². The molecule has 0 unspecified atom stereocenters. The van der Waals surface area contributed by atoms with Crippen LogP contribution in [0, 0.1) is 10.1 Å². The molecule has 0 aliphatic rings. The number of fused-ring (bicyclic) bond motifs is 1. The van der Waals surface area contributed by atoms with Crippen molar-refractivity contribution in [2.45, 2.75) is 0 Å². The van der Waals surface area contributed by atoms with Crippen molar-refractivity contribution < 1.29 is 19.2 Å². The summed E-state index contributed by atoms with van der Waals surface area (Å²) >= 11 is 0. The van der Waals surface area contributed by atoms with Crippen LogP contribution in [0.4, 0.5) is 5.69 Å². The lowest BCUT2D eigenvalue weighted by atomic mass is 10.1. The summed E-state index contributed by atoms with van der Waals surface area (Å²) in [6.07, 6.45) is 2.95. The van der Waals surface area contributed by atoms with E-state index in [4.69, 9.17) is 4.74 Å². The average molecular weight is 324 g/mol. The molecule has 0 radical (unpaired) electrons. The number of ether oxygens (including phenoxy) is 2. The maximum absolute atomic E-state index is 11.6. The summed E-state index contributed by atoms with van der Waals surface area (Å²) in [6.45, 7) is 0. The summed E-state index contributed by atoms with van der Waals surface area (Å²) in [5, 5.41) is 12.1. The zero-order valence-corrected chi connectivity index (χ0v) is 12.6. The van der Waals surface area contributed by atoms with Crippen LogP contribution in [0.3, 0.4) is 0 Å². The van der Waals surface area contributed by atoms with Crippen molar-refractivity contribution in [2.24, 2.45) is 0 Å². The molecule has 3 aromatic rings. The van der Waals surface area contributed by atoms with Crippen LogP contribution in [0.5, 0.6) is 11.5 Å². The van der Waals surface area contributed by atoms with Crippen molar-refractivity contribution in [3.63, 3.8) is 0 Å². The Balaban J connectivity index is 2.04. The normalized spacial score (nSPS) is 10.4. The maximum Gasteiger partial charge on any atom is 0.337 e. The number of hydrogen-bond acceptors (Lipinski definition) is 6. The standard InChI is InChI=1S/C17H12N2O5/c1-23-17(20)11-3-2-4-12(9-11)24-16-6-5-15(19(21)22)14-10-18-8-7-13(14)16/h2-10H,1H3. The van der Waals surface area contributed by atoms with Gasteiger partial charge in [0.05, 0.1) is 23.0 Å². The molecule has 1 aromatic heterocycles. The van der Waals surface area contributed by atoms with E-state index >= 15 is 0 Å². The summed E-state index contributed by atoms with van der Waals surface area (Å²) in [5.41, 5.74) is 0.302. The van der Waals surface area contributed by atoms with Gasteiger partial charge in [-0.15, -0.1) is 0 Å². The van der Waals surface area contributed by atoms with Gasteiger partial charge in [-0.25, -0.2) is 4.79 Å². The van der Waals surface area contributed by atoms with Crippen LogP contribution in [-0.4, -0.2) is 23.0 Å². The molecule has 1 heterocycles. The van der Waals surface area contributed by atoms with Gasteiger partial charge in [-0.1, -0.05) is 6.07 Å². The average Bonchev–Trinajstić information content (AvgIpc) is 2.61. The van der Waals surface area contributed by atoms with E-state index < -0.39 is 10.9 Å². The number of hydrogen-bond donors (Lipinski definition) is 0. The highest BCUT2D eigenvalue weighted by Gasteiger charge is 2.16. The minimum atomic E-state index is -0.474. The van der Waals surface area contributed by atoms with Crippen LogP contribution in [0.15, 0.2) is 54.9 Å². The first-order valence-corrected chi connectivity index (χ1v) is 6.97. The molecule has 0 fully saturated rings. The van der Waals surface area contributed by atoms with Gasteiger partial charge in [0.2, 0.25) is 0 Å². The third kappa shape index (κ3) is 2.87. The third-order valence-electron chi connectivity index (χ3n) is 3.43. The SMILES string of the molecule is COC(=O)c1cccc(Oc2ccc([N+](=O)[O-])c3cnccc23)c1. The van der Waals surface area contributed by atoms with E-state index in [1.54, 1.807) is 30.3 Å². The number of non-ortho nitro benzene ring substituents is 1. The number of esters is 1. The number of pyridine rings is 1. The van der Waals surface area contributed by atoms with E-state index in [1.807, 2.05) is 0 Å². The predicted molar refractivity (Wildman–Crippen MR) is 86.3 cm³/mol. The van der Waals surface area contributed by atoms with E-state index in [-0.39, 0.29) is 5.69 Å². The number of nitrogens with zero attached hydrogens (tertiary/aromatic N) is 2. The number of nitro groups is 1. The number of nitro benzene ring substituents is 1. The van der Waals surface area contributed by atoms with Gasteiger partial charge in [-0.3, -0.25) is 15.1 Å². The second-order valence-corrected chi connectivity index (χ2v) is 4.88. The molecular formula is C17H12N2O5. The van der Waals surface area contributed by atoms with E-state index in [9.17, 15) is 14.9 Å². The maximum atomic E-state index is 11.6. The number of benzene rings is 2. The first-order chi connectivity index (χ1) is 11.6. The highest BCUT2D eigenvalue weighted by atomic mass is 16.6. The van der Waals surface area contributed by atoms with Gasteiger partial charge in [0.25, 0.3) is 5.69 Å². The van der Waals surface area contributed by atoms with Gasteiger partial charge >= 0.3 is 5.97 Å². The number of carbonyl (C=O) groups is 1. The molecule has 0 saturated heterocycles. The highest BCUT2D eigenvalue weighted by molar-refractivity contribution is 5.95. The molecule has 2 aromatic carbocycles. The Morgan fingerprint density at radius 2 is 2.00 bits per heavy atom. The van der Waals surface area contributed by atoms with Crippen LogP contribution in [-0.2, 0) is 4.74 Å². The highest BCUT2D eigenvalue weighted by Crippen LogP contribution is 2.34. The van der Waals surface area contributed by atoms with Crippen LogP contribution >= 0.6 is 0 Å². The summed E-state index contributed by atoms with van der Waals surface area (Å²) in [4.78, 5) is 26.2. The van der Waals surface area contributed by atoms with Crippen LogP contribution < -0.4 is 4.74 Å². The molecule has 0 aliphatic heterocycles. The Morgan fingerprint density at radius 1 is 1.17 bits per heavy atom. The third-order valence-corrected chi connectivity index (χ3v) is 3.43. The van der Waals surface area contributed by atoms with Crippen molar-refractivity contribution in [1.82, 2.24) is 4.98 Å². The summed E-state index contributed by atoms with van der Waals surface area (Å²) in [7, 11) is 1.30. The first-order valence-electron chi connectivity index (χ1n) is 6.97. The Morgan fingerprint density at radius 3 is 2.75 bits per heavy atom. The minimum absolute atomic E-state index is 0.0474. The fourth-order valence-electron chi connectivity index (χ4n) is 2.33. The Hall–Kier alpha value is -3.48. The van der Waals surface area contributed by atoms with Crippen LogP contribution in [0.2, 0.25) is 0 Å². The van der Waals surface area contributed by atoms with Crippen molar-refractivity contribution >= 4 is 22.4 Å². The van der Waals surface area contributed by atoms with Crippen LogP contribution in [0.1, 0.15) is 10.4 Å². The predicted octanol–water partition coefficient (Wildman–Crippen LogP) is 3.72. The van der Waals surface area contributed by atoms with Crippen molar-refractivity contribution in [3.8, 4) is 11.5 Å². The quantitative estimate of drug-likeness (QED) is 0.412. The first kappa shape index (κ1) is 15.4. The Bertz CT molecular complexity index is 939. The molecule has 0 N–H and O–H groups in total. The molecule has 0 amide bonds. The van der Waals surface area contributed by atoms with E-state index in [2.05, 4.69) is 9.72 Å². The molecule has 0 aliphatic carbocycles. The molecular weight excluding hydrogens is 312 g/mol. The Labute approximate surface area is 136 Å². The fourth-order valence-corrected chi connectivity index (χ4v) is 2.33. The van der Waals surface area contributed by atoms with Gasteiger partial charge in [-0.2, -0.15) is 0 Å². The largest absolute Gasteiger partial charge is 0.465 e. The summed E-state index contributed by atoms with van der Waals surface area (Å²) in [6, 6.07) is 11.0. The lowest BCUT2D eigenvalue weighted by molar-refractivity contribution is -0.383. The van der Waals surface area contributed by atoms with Gasteiger partial charge in [0.1, 0.15) is 11.5 Å². The molecule has 0 atom stereocenters. The van der Waals surface area contributed by atoms with Gasteiger partial charge in [0, 0.05) is 23.8 Å². The molecule has 3 rings (SSSR count). The second-order valence-electron chi connectivity index (χ2n) is 4.88. The molecule has 0 saturated carbocycles. The molecule has 0 spiro atoms. The monoisotopic (exact) mass is 324 g/mol. The number of carbonyl (C=O) groups excluding carboxylic acids is 1.